The second kappa shape index (κ2) is 9.06. The highest BCUT2D eigenvalue weighted by Gasteiger charge is 2.27. The average molecular weight is 343 g/mol. The van der Waals surface area contributed by atoms with Crippen LogP contribution >= 0.6 is 0 Å². The third-order valence-corrected chi connectivity index (χ3v) is 4.55. The lowest BCUT2D eigenvalue weighted by Gasteiger charge is -2.19. The molecule has 5 heteroatoms. The fourth-order valence-corrected chi connectivity index (χ4v) is 3.13. The van der Waals surface area contributed by atoms with E-state index in [0.717, 1.165) is 31.8 Å². The third kappa shape index (κ3) is 5.09. The van der Waals surface area contributed by atoms with Gasteiger partial charge in [0.25, 0.3) is 0 Å². The highest BCUT2D eigenvalue weighted by atomic mass is 19.1. The molecular formula is C20H26FN3O. The fraction of sp³-hybridized carbons (Fsp3) is 0.400. The molecule has 3 rings (SSSR count). The van der Waals surface area contributed by atoms with Crippen molar-refractivity contribution in [3.8, 4) is 0 Å². The maximum atomic E-state index is 13.1. The number of benzene rings is 2. The molecule has 0 amide bonds. The molecule has 4 nitrogen and oxygen atoms in total. The van der Waals surface area contributed by atoms with Crippen molar-refractivity contribution in [1.82, 2.24) is 16.2 Å². The van der Waals surface area contributed by atoms with Crippen LogP contribution in [0.5, 0.6) is 0 Å². The van der Waals surface area contributed by atoms with E-state index >= 15 is 0 Å². The third-order valence-electron chi connectivity index (χ3n) is 4.55. The highest BCUT2D eigenvalue weighted by Crippen LogP contribution is 2.24. The first kappa shape index (κ1) is 18.0. The van der Waals surface area contributed by atoms with E-state index in [1.54, 1.807) is 0 Å². The summed E-state index contributed by atoms with van der Waals surface area (Å²) in [6, 6.07) is 15.5. The molecule has 134 valence electrons. The van der Waals surface area contributed by atoms with Gasteiger partial charge in [0.1, 0.15) is 5.82 Å². The van der Waals surface area contributed by atoms with Crippen LogP contribution in [-0.2, 0) is 17.9 Å². The fourth-order valence-electron chi connectivity index (χ4n) is 3.13. The van der Waals surface area contributed by atoms with Crippen LogP contribution in [0.4, 0.5) is 4.39 Å². The van der Waals surface area contributed by atoms with Crippen LogP contribution in [0, 0.1) is 11.7 Å². The number of hydrazine groups is 1. The molecule has 1 saturated heterocycles. The van der Waals surface area contributed by atoms with E-state index in [4.69, 9.17) is 4.74 Å². The summed E-state index contributed by atoms with van der Waals surface area (Å²) in [5.41, 5.74) is 10.1. The van der Waals surface area contributed by atoms with Gasteiger partial charge in [-0.05, 0) is 35.7 Å². The van der Waals surface area contributed by atoms with Crippen molar-refractivity contribution in [3.63, 3.8) is 0 Å². The first-order chi connectivity index (χ1) is 12.3. The van der Waals surface area contributed by atoms with Crippen molar-refractivity contribution in [2.45, 2.75) is 26.1 Å². The van der Waals surface area contributed by atoms with Gasteiger partial charge in [-0.1, -0.05) is 36.4 Å². The Labute approximate surface area is 148 Å². The Morgan fingerprint density at radius 2 is 1.80 bits per heavy atom. The zero-order valence-electron chi connectivity index (χ0n) is 14.6. The minimum Gasteiger partial charge on any atom is -0.377 e. The van der Waals surface area contributed by atoms with Gasteiger partial charge in [0, 0.05) is 32.2 Å². The number of hydrogen-bond acceptors (Lipinski definition) is 4. The van der Waals surface area contributed by atoms with Crippen molar-refractivity contribution >= 4 is 0 Å². The Morgan fingerprint density at radius 3 is 2.52 bits per heavy atom. The molecule has 25 heavy (non-hydrogen) atoms. The molecule has 2 unspecified atom stereocenters. The van der Waals surface area contributed by atoms with Crippen LogP contribution in [0.25, 0.3) is 0 Å². The summed E-state index contributed by atoms with van der Waals surface area (Å²) in [4.78, 5) is 0. The summed E-state index contributed by atoms with van der Waals surface area (Å²) in [7, 11) is 0. The van der Waals surface area contributed by atoms with E-state index < -0.39 is 0 Å². The van der Waals surface area contributed by atoms with Crippen LogP contribution in [0.15, 0.2) is 48.5 Å². The normalized spacial score (nSPS) is 20.1. The van der Waals surface area contributed by atoms with Crippen molar-refractivity contribution in [3.05, 3.63) is 71.0 Å². The van der Waals surface area contributed by atoms with Gasteiger partial charge in [0.05, 0.1) is 12.6 Å². The molecule has 2 aromatic rings. The summed E-state index contributed by atoms with van der Waals surface area (Å²) in [6.07, 6.45) is 0. The number of ether oxygens (including phenoxy) is 1. The maximum Gasteiger partial charge on any atom is 0.123 e. The van der Waals surface area contributed by atoms with Crippen LogP contribution in [0.1, 0.15) is 29.7 Å². The van der Waals surface area contributed by atoms with Gasteiger partial charge in [-0.2, -0.15) is 0 Å². The van der Waals surface area contributed by atoms with E-state index in [0.29, 0.717) is 12.5 Å². The first-order valence-corrected chi connectivity index (χ1v) is 8.86. The van der Waals surface area contributed by atoms with Crippen LogP contribution in [0.3, 0.4) is 0 Å². The Morgan fingerprint density at radius 1 is 1.08 bits per heavy atom. The van der Waals surface area contributed by atoms with Crippen molar-refractivity contribution < 1.29 is 9.13 Å². The summed E-state index contributed by atoms with van der Waals surface area (Å²) in [5.74, 6) is 0.222. The first-order valence-electron chi connectivity index (χ1n) is 8.86. The Balaban J connectivity index is 1.48. The van der Waals surface area contributed by atoms with E-state index in [2.05, 4.69) is 40.4 Å². The quantitative estimate of drug-likeness (QED) is 0.690. The number of hydrogen-bond donors (Lipinski definition) is 3. The lowest BCUT2D eigenvalue weighted by atomic mass is 9.95. The Kier molecular flexibility index (Phi) is 6.53. The lowest BCUT2D eigenvalue weighted by molar-refractivity contribution is 0.134. The molecule has 0 spiro atoms. The molecule has 2 aromatic carbocycles. The van der Waals surface area contributed by atoms with E-state index in [1.807, 2.05) is 19.1 Å². The monoisotopic (exact) mass is 343 g/mol. The van der Waals surface area contributed by atoms with E-state index in [1.165, 1.54) is 23.3 Å². The molecule has 1 fully saturated rings. The van der Waals surface area contributed by atoms with Crippen LogP contribution < -0.4 is 16.2 Å². The molecule has 0 saturated carbocycles. The molecule has 2 atom stereocenters. The van der Waals surface area contributed by atoms with Gasteiger partial charge in [-0.3, -0.25) is 5.43 Å². The highest BCUT2D eigenvalue weighted by molar-refractivity contribution is 5.23. The van der Waals surface area contributed by atoms with Crippen LogP contribution in [0.2, 0.25) is 0 Å². The smallest absolute Gasteiger partial charge is 0.123 e. The van der Waals surface area contributed by atoms with Crippen molar-refractivity contribution in [2.75, 3.05) is 19.7 Å². The van der Waals surface area contributed by atoms with Gasteiger partial charge in [0.2, 0.25) is 0 Å². The minimum absolute atomic E-state index is 0.196. The van der Waals surface area contributed by atoms with Gasteiger partial charge in [-0.15, -0.1) is 0 Å². The summed E-state index contributed by atoms with van der Waals surface area (Å²) >= 11 is 0. The zero-order valence-corrected chi connectivity index (χ0v) is 14.6. The number of halogens is 1. The average Bonchev–Trinajstić information content (AvgIpc) is 3.10. The van der Waals surface area contributed by atoms with E-state index in [9.17, 15) is 4.39 Å². The predicted octanol–water partition coefficient (Wildman–Crippen LogP) is 2.92. The Bertz CT molecular complexity index is 645. The zero-order chi connectivity index (χ0) is 17.5. The Hall–Kier alpha value is -1.79. The predicted molar refractivity (Wildman–Crippen MR) is 97.2 cm³/mol. The topological polar surface area (TPSA) is 45.3 Å². The molecule has 1 aliphatic rings. The van der Waals surface area contributed by atoms with Crippen molar-refractivity contribution in [2.24, 2.45) is 5.92 Å². The second-order valence-electron chi connectivity index (χ2n) is 6.40. The second-order valence-corrected chi connectivity index (χ2v) is 6.40. The molecule has 1 heterocycles. The lowest BCUT2D eigenvalue weighted by Crippen LogP contribution is -2.28. The maximum absolute atomic E-state index is 13.1. The summed E-state index contributed by atoms with van der Waals surface area (Å²) in [5, 5.41) is 3.53. The van der Waals surface area contributed by atoms with Crippen molar-refractivity contribution in [1.29, 1.82) is 0 Å². The van der Waals surface area contributed by atoms with Gasteiger partial charge in [0.15, 0.2) is 0 Å². The van der Waals surface area contributed by atoms with Gasteiger partial charge >= 0.3 is 0 Å². The van der Waals surface area contributed by atoms with Crippen LogP contribution in [-0.4, -0.2) is 19.7 Å². The standard InChI is InChI=1S/C20H26FN3O/c1-2-25-14-16-5-3-15(4-6-16)11-22-12-18-13-23-24-20(18)17-7-9-19(21)10-8-17/h3-10,18,20,22-24H,2,11-14H2,1H3. The molecule has 0 aromatic heterocycles. The molecular weight excluding hydrogens is 317 g/mol. The molecule has 3 N–H and O–H groups in total. The van der Waals surface area contributed by atoms with Gasteiger partial charge < -0.3 is 10.1 Å². The molecule has 0 bridgehead atoms. The molecule has 1 aliphatic heterocycles. The summed E-state index contributed by atoms with van der Waals surface area (Å²) in [6.45, 7) is 6.03. The SMILES string of the molecule is CCOCc1ccc(CNCC2CNNC2c2ccc(F)cc2)cc1. The minimum atomic E-state index is -0.197. The van der Waals surface area contributed by atoms with Gasteiger partial charge in [-0.25, -0.2) is 9.82 Å². The largest absolute Gasteiger partial charge is 0.377 e. The number of nitrogens with one attached hydrogen (secondary N) is 3. The molecule has 0 radical (unpaired) electrons. The number of rotatable bonds is 8. The van der Waals surface area contributed by atoms with E-state index in [-0.39, 0.29) is 11.9 Å². The molecule has 0 aliphatic carbocycles. The summed E-state index contributed by atoms with van der Waals surface area (Å²) < 4.78 is 18.5.